The first-order valence-electron chi connectivity index (χ1n) is 10.7. The van der Waals surface area contributed by atoms with Crippen molar-refractivity contribution >= 4 is 23.4 Å². The number of rotatable bonds is 3. The second-order valence-electron chi connectivity index (χ2n) is 9.02. The van der Waals surface area contributed by atoms with Crippen LogP contribution in [0, 0.1) is 0 Å². The third-order valence-electron chi connectivity index (χ3n) is 6.81. The molecule has 3 aliphatic heterocycles. The molecule has 0 aromatic heterocycles. The van der Waals surface area contributed by atoms with Gasteiger partial charge in [0.15, 0.2) is 11.3 Å². The summed E-state index contributed by atoms with van der Waals surface area (Å²) in [7, 11) is 1.92. The lowest BCUT2D eigenvalue weighted by Gasteiger charge is -2.33. The van der Waals surface area contributed by atoms with Gasteiger partial charge < -0.3 is 15.0 Å². The number of hydrogen-bond acceptors (Lipinski definition) is 5. The first-order valence-corrected chi connectivity index (χ1v) is 10.7. The predicted octanol–water partition coefficient (Wildman–Crippen LogP) is 3.10. The summed E-state index contributed by atoms with van der Waals surface area (Å²) in [5.74, 6) is -0.129. The molecule has 0 aliphatic carbocycles. The molecule has 1 N–H and O–H groups in total. The van der Waals surface area contributed by atoms with Crippen LogP contribution < -0.4 is 15.0 Å². The zero-order valence-electron chi connectivity index (χ0n) is 18.3. The molecule has 1 fully saturated rings. The largest absolute Gasteiger partial charge is 0.493 e. The number of nitrogens with one attached hydrogen (secondary N) is 1. The van der Waals surface area contributed by atoms with Gasteiger partial charge in [0.1, 0.15) is 5.75 Å². The number of hydrogen-bond donors (Lipinski definition) is 1. The molecule has 2 aromatic rings. The normalized spacial score (nSPS) is 24.4. The first kappa shape index (κ1) is 20.3. The van der Waals surface area contributed by atoms with Crippen LogP contribution in [0.2, 0.25) is 0 Å². The van der Waals surface area contributed by atoms with Crippen molar-refractivity contribution in [3.05, 3.63) is 71.4 Å². The fourth-order valence-electron chi connectivity index (χ4n) is 5.13. The van der Waals surface area contributed by atoms with E-state index in [0.29, 0.717) is 24.3 Å². The Labute approximate surface area is 186 Å². The Morgan fingerprint density at radius 1 is 1.09 bits per heavy atom. The molecule has 7 nitrogen and oxygen atoms in total. The lowest BCUT2D eigenvalue weighted by Crippen LogP contribution is -2.47. The maximum atomic E-state index is 13.4. The van der Waals surface area contributed by atoms with Crippen LogP contribution in [0.4, 0.5) is 10.5 Å². The summed E-state index contributed by atoms with van der Waals surface area (Å²) in [6, 6.07) is 14.7. The molecule has 1 atom stereocenters. The van der Waals surface area contributed by atoms with E-state index in [1.807, 2.05) is 42.3 Å². The minimum Gasteiger partial charge on any atom is -0.493 e. The van der Waals surface area contributed by atoms with E-state index in [1.165, 1.54) is 0 Å². The topological polar surface area (TPSA) is 79.0 Å². The van der Waals surface area contributed by atoms with Crippen LogP contribution in [0.1, 0.15) is 31.4 Å². The molecule has 5 rings (SSSR count). The minimum absolute atomic E-state index is 0.298. The van der Waals surface area contributed by atoms with Crippen molar-refractivity contribution in [1.29, 1.82) is 0 Å². The van der Waals surface area contributed by atoms with Gasteiger partial charge in [0.25, 0.3) is 5.91 Å². The summed E-state index contributed by atoms with van der Waals surface area (Å²) in [6.07, 6.45) is 1.88. The number of likely N-dealkylation sites (N-methyl/N-ethyl adjacent to an activating group) is 1. The summed E-state index contributed by atoms with van der Waals surface area (Å²) >= 11 is 0. The average molecular weight is 431 g/mol. The number of fused-ring (bicyclic) bond motifs is 3. The quantitative estimate of drug-likeness (QED) is 0.597. The molecule has 0 saturated carbocycles. The Hall–Kier alpha value is -3.61. The van der Waals surface area contributed by atoms with E-state index in [4.69, 9.17) is 4.74 Å². The Balaban J connectivity index is 1.42. The number of allylic oxidation sites excluding steroid dienone is 1. The smallest absolute Gasteiger partial charge is 0.325 e. The van der Waals surface area contributed by atoms with E-state index in [-0.39, 0.29) is 17.7 Å². The van der Waals surface area contributed by atoms with E-state index in [2.05, 4.69) is 25.2 Å². The highest BCUT2D eigenvalue weighted by atomic mass is 16.5. The Morgan fingerprint density at radius 2 is 1.78 bits per heavy atom. The van der Waals surface area contributed by atoms with Crippen LogP contribution in [-0.2, 0) is 20.5 Å². The number of ether oxygens (including phenoxy) is 1. The minimum atomic E-state index is -1.18. The second kappa shape index (κ2) is 6.95. The highest BCUT2D eigenvalue weighted by Gasteiger charge is 2.55. The first-order chi connectivity index (χ1) is 15.3. The number of nitrogens with zero attached hydrogens (tertiary/aromatic N) is 2. The number of ketones is 1. The molecule has 3 amide bonds. The maximum absolute atomic E-state index is 13.4. The lowest BCUT2D eigenvalue weighted by atomic mass is 9.83. The zero-order valence-corrected chi connectivity index (χ0v) is 18.3. The molecule has 1 spiro atoms. The molecular weight excluding hydrogens is 406 g/mol. The highest BCUT2D eigenvalue weighted by molar-refractivity contribution is 6.11. The predicted molar refractivity (Wildman–Crippen MR) is 119 cm³/mol. The summed E-state index contributed by atoms with van der Waals surface area (Å²) in [6.45, 7) is 4.14. The van der Waals surface area contributed by atoms with E-state index in [1.54, 1.807) is 18.2 Å². The monoisotopic (exact) mass is 431 g/mol. The molecule has 7 heteroatoms. The zero-order chi connectivity index (χ0) is 22.7. The summed E-state index contributed by atoms with van der Waals surface area (Å²) in [5.41, 5.74) is 2.10. The number of para-hydroxylation sites is 2. The molecule has 3 aliphatic rings. The van der Waals surface area contributed by atoms with Crippen LogP contribution in [0.25, 0.3) is 0 Å². The fraction of sp³-hybridized carbons (Fsp3) is 0.320. The third-order valence-corrected chi connectivity index (χ3v) is 6.81. The van der Waals surface area contributed by atoms with Crippen LogP contribution in [-0.4, -0.2) is 42.8 Å². The van der Waals surface area contributed by atoms with E-state index < -0.39 is 17.5 Å². The van der Waals surface area contributed by atoms with Crippen molar-refractivity contribution in [1.82, 2.24) is 10.2 Å². The molecule has 0 bridgehead atoms. The van der Waals surface area contributed by atoms with Crippen molar-refractivity contribution in [3.63, 3.8) is 0 Å². The van der Waals surface area contributed by atoms with Gasteiger partial charge in [-0.3, -0.25) is 14.5 Å². The molecule has 1 unspecified atom stereocenters. The number of urea groups is 1. The fourth-order valence-corrected chi connectivity index (χ4v) is 5.13. The Bertz CT molecular complexity index is 1190. The van der Waals surface area contributed by atoms with Gasteiger partial charge in [-0.15, -0.1) is 0 Å². The van der Waals surface area contributed by atoms with Crippen molar-refractivity contribution in [2.45, 2.75) is 31.2 Å². The number of carbonyl (C=O) groups is 3. The molecule has 164 valence electrons. The lowest BCUT2D eigenvalue weighted by molar-refractivity contribution is -0.134. The van der Waals surface area contributed by atoms with Gasteiger partial charge >= 0.3 is 6.03 Å². The molecule has 3 heterocycles. The van der Waals surface area contributed by atoms with Crippen molar-refractivity contribution in [2.24, 2.45) is 0 Å². The Morgan fingerprint density at radius 3 is 2.53 bits per heavy atom. The SMILES string of the molecule is CN1/C(=C\C(=O)CN2C(=O)NC3(CCOc4ccccc43)C2=O)C(C)(C)c2ccccc21. The van der Waals surface area contributed by atoms with Gasteiger partial charge in [-0.05, 0) is 17.7 Å². The van der Waals surface area contributed by atoms with Crippen LogP contribution >= 0.6 is 0 Å². The van der Waals surface area contributed by atoms with Crippen molar-refractivity contribution in [3.8, 4) is 5.75 Å². The second-order valence-corrected chi connectivity index (χ2v) is 9.02. The van der Waals surface area contributed by atoms with E-state index >= 15 is 0 Å². The van der Waals surface area contributed by atoms with Gasteiger partial charge in [-0.25, -0.2) is 4.79 Å². The van der Waals surface area contributed by atoms with Gasteiger partial charge in [-0.1, -0.05) is 50.2 Å². The summed E-state index contributed by atoms with van der Waals surface area (Å²) in [5, 5.41) is 2.84. The van der Waals surface area contributed by atoms with E-state index in [9.17, 15) is 14.4 Å². The number of carbonyl (C=O) groups excluding carboxylic acids is 3. The molecule has 32 heavy (non-hydrogen) atoms. The number of anilines is 1. The number of imide groups is 1. The van der Waals surface area contributed by atoms with Crippen molar-refractivity contribution < 1.29 is 19.1 Å². The average Bonchev–Trinajstić information content (AvgIpc) is 3.12. The van der Waals surface area contributed by atoms with Crippen LogP contribution in [0.15, 0.2) is 60.3 Å². The van der Waals surface area contributed by atoms with E-state index in [0.717, 1.165) is 21.8 Å². The van der Waals surface area contributed by atoms with Gasteiger partial charge in [0.2, 0.25) is 0 Å². The number of benzene rings is 2. The molecule has 1 saturated heterocycles. The third kappa shape index (κ3) is 2.77. The maximum Gasteiger partial charge on any atom is 0.325 e. The van der Waals surface area contributed by atoms with Crippen molar-refractivity contribution in [2.75, 3.05) is 25.1 Å². The Kier molecular flexibility index (Phi) is 4.41. The van der Waals surface area contributed by atoms with Gasteiger partial charge in [0.05, 0.1) is 13.2 Å². The van der Waals surface area contributed by atoms with Gasteiger partial charge in [0, 0.05) is 41.9 Å². The number of amides is 3. The highest BCUT2D eigenvalue weighted by Crippen LogP contribution is 2.46. The molecule has 2 aromatic carbocycles. The standard InChI is InChI=1S/C25H25N3O4/c1-24(2)17-8-4-6-10-19(17)27(3)21(24)14-16(29)15-28-22(30)25(26-23(28)31)12-13-32-20-11-7-5-9-18(20)25/h4-11,14H,12-13,15H2,1-3H3,(H,26,31)/b21-14-. The van der Waals surface area contributed by atoms with Gasteiger partial charge in [-0.2, -0.15) is 0 Å². The molecule has 0 radical (unpaired) electrons. The van der Waals surface area contributed by atoms with Crippen LogP contribution in [0.3, 0.4) is 0 Å². The van der Waals surface area contributed by atoms with Crippen LogP contribution in [0.5, 0.6) is 5.75 Å². The summed E-state index contributed by atoms with van der Waals surface area (Å²) < 4.78 is 5.66. The molecular formula is C25H25N3O4. The summed E-state index contributed by atoms with van der Waals surface area (Å²) in [4.78, 5) is 42.2.